The molecule has 0 aliphatic carbocycles. The summed E-state index contributed by atoms with van der Waals surface area (Å²) < 4.78 is 45.9. The highest BCUT2D eigenvalue weighted by atomic mass is 35.5. The lowest BCUT2D eigenvalue weighted by Gasteiger charge is -2.04. The fourth-order valence-electron chi connectivity index (χ4n) is 2.76. The van der Waals surface area contributed by atoms with Gasteiger partial charge in [-0.2, -0.15) is 8.78 Å². The first kappa shape index (κ1) is 19.8. The van der Waals surface area contributed by atoms with Gasteiger partial charge in [-0.05, 0) is 12.1 Å². The second-order valence-corrected chi connectivity index (χ2v) is 6.56. The summed E-state index contributed by atoms with van der Waals surface area (Å²) in [5, 5.41) is 14.9. The van der Waals surface area contributed by atoms with E-state index in [0.29, 0.717) is 23.1 Å². The molecule has 2 aromatic heterocycles. The molecule has 152 valence electrons. The Balaban J connectivity index is 1.56. The topological polar surface area (TPSA) is 86.7 Å². The molecule has 0 unspecified atom stereocenters. The van der Waals surface area contributed by atoms with Gasteiger partial charge in [0.25, 0.3) is 5.89 Å². The summed E-state index contributed by atoms with van der Waals surface area (Å²) in [6.45, 7) is 0.0518. The van der Waals surface area contributed by atoms with Crippen molar-refractivity contribution in [1.29, 1.82) is 0 Å². The van der Waals surface area contributed by atoms with E-state index >= 15 is 0 Å². The minimum absolute atomic E-state index is 0.0518. The van der Waals surface area contributed by atoms with Gasteiger partial charge in [0.2, 0.25) is 5.89 Å². The molecule has 0 spiro atoms. The molecule has 0 saturated carbocycles. The Labute approximate surface area is 172 Å². The number of benzene rings is 2. The molecule has 0 aliphatic rings. The molecule has 4 aromatic rings. The highest BCUT2D eigenvalue weighted by molar-refractivity contribution is 6.35. The maximum absolute atomic E-state index is 14.5. The van der Waals surface area contributed by atoms with E-state index in [0.717, 1.165) is 6.07 Å². The van der Waals surface area contributed by atoms with Crippen LogP contribution in [0.5, 0.6) is 0 Å². The van der Waals surface area contributed by atoms with Crippen LogP contribution in [0.2, 0.25) is 5.02 Å². The molecule has 4 rings (SSSR count). The van der Waals surface area contributed by atoms with Gasteiger partial charge in [0.15, 0.2) is 6.29 Å². The average molecular weight is 434 g/mol. The van der Waals surface area contributed by atoms with Crippen molar-refractivity contribution in [2.24, 2.45) is 0 Å². The standard InChI is InChI=1S/C19H11ClF3N5O2/c20-16-12(9-29)2-1-3-13(16)15-8-28(27-24-15)7-11-5-4-10(6-14(11)21)18-25-26-19(30-18)17(22)23/h1-6,8-9,17H,7H2. The first-order valence-electron chi connectivity index (χ1n) is 8.51. The van der Waals surface area contributed by atoms with Crippen LogP contribution in [0.15, 0.2) is 47.0 Å². The van der Waals surface area contributed by atoms with Crippen molar-refractivity contribution in [2.45, 2.75) is 13.0 Å². The van der Waals surface area contributed by atoms with Gasteiger partial charge < -0.3 is 4.42 Å². The fourth-order valence-corrected chi connectivity index (χ4v) is 3.03. The van der Waals surface area contributed by atoms with Crippen LogP contribution in [0.3, 0.4) is 0 Å². The predicted octanol–water partition coefficient (Wildman–Crippen LogP) is 4.59. The van der Waals surface area contributed by atoms with E-state index in [9.17, 15) is 18.0 Å². The van der Waals surface area contributed by atoms with Gasteiger partial charge in [-0.25, -0.2) is 9.07 Å². The first-order chi connectivity index (χ1) is 14.5. The molecular formula is C19H11ClF3N5O2. The third-order valence-corrected chi connectivity index (χ3v) is 4.65. The number of nitrogens with zero attached hydrogens (tertiary/aromatic N) is 5. The lowest BCUT2D eigenvalue weighted by Crippen LogP contribution is -2.03. The largest absolute Gasteiger partial charge is 0.415 e. The molecule has 0 aliphatic heterocycles. The highest BCUT2D eigenvalue weighted by Crippen LogP contribution is 2.29. The van der Waals surface area contributed by atoms with Gasteiger partial charge in [0.1, 0.15) is 11.5 Å². The summed E-state index contributed by atoms with van der Waals surface area (Å²) in [5.74, 6) is -1.65. The Morgan fingerprint density at radius 2 is 2.00 bits per heavy atom. The Morgan fingerprint density at radius 3 is 2.70 bits per heavy atom. The number of carbonyl (C=O) groups excluding carboxylic acids is 1. The van der Waals surface area contributed by atoms with Crippen LogP contribution in [0.4, 0.5) is 13.2 Å². The smallest absolute Gasteiger partial charge is 0.314 e. The maximum atomic E-state index is 14.5. The minimum Gasteiger partial charge on any atom is -0.415 e. The van der Waals surface area contributed by atoms with Crippen LogP contribution >= 0.6 is 11.6 Å². The van der Waals surface area contributed by atoms with Crippen molar-refractivity contribution >= 4 is 17.9 Å². The summed E-state index contributed by atoms with van der Waals surface area (Å²) in [6.07, 6.45) is -0.700. The van der Waals surface area contributed by atoms with Crippen LogP contribution < -0.4 is 0 Å². The molecule has 0 fully saturated rings. The molecule has 7 nitrogen and oxygen atoms in total. The number of carbonyl (C=O) groups is 1. The predicted molar refractivity (Wildman–Crippen MR) is 99.6 cm³/mol. The number of hydrogen-bond acceptors (Lipinski definition) is 6. The summed E-state index contributed by atoms with van der Waals surface area (Å²) in [4.78, 5) is 11.0. The number of rotatable bonds is 6. The summed E-state index contributed by atoms with van der Waals surface area (Å²) in [5.41, 5.74) is 1.71. The van der Waals surface area contributed by atoms with Crippen LogP contribution in [0.25, 0.3) is 22.7 Å². The zero-order valence-corrected chi connectivity index (χ0v) is 15.7. The molecule has 0 amide bonds. The van der Waals surface area contributed by atoms with Crippen LogP contribution in [0.1, 0.15) is 28.2 Å². The normalized spacial score (nSPS) is 11.2. The molecule has 0 radical (unpaired) electrons. The van der Waals surface area contributed by atoms with Crippen molar-refractivity contribution < 1.29 is 22.4 Å². The Kier molecular flexibility index (Phi) is 5.32. The van der Waals surface area contributed by atoms with Gasteiger partial charge in [-0.3, -0.25) is 4.79 Å². The fraction of sp³-hybridized carbons (Fsp3) is 0.105. The van der Waals surface area contributed by atoms with Crippen LogP contribution in [-0.2, 0) is 6.54 Å². The molecule has 0 saturated heterocycles. The molecule has 0 atom stereocenters. The Morgan fingerprint density at radius 1 is 1.17 bits per heavy atom. The third-order valence-electron chi connectivity index (χ3n) is 4.23. The quantitative estimate of drug-likeness (QED) is 0.413. The van der Waals surface area contributed by atoms with Gasteiger partial charge in [0.05, 0.1) is 17.8 Å². The van der Waals surface area contributed by atoms with E-state index < -0.39 is 18.1 Å². The van der Waals surface area contributed by atoms with E-state index in [1.807, 2.05) is 0 Å². The lowest BCUT2D eigenvalue weighted by atomic mass is 10.1. The Bertz CT molecular complexity index is 1220. The van der Waals surface area contributed by atoms with Gasteiger partial charge in [-0.15, -0.1) is 15.3 Å². The average Bonchev–Trinajstić information content (AvgIpc) is 3.40. The van der Waals surface area contributed by atoms with Crippen LogP contribution in [0, 0.1) is 5.82 Å². The number of aromatic nitrogens is 5. The first-order valence-corrected chi connectivity index (χ1v) is 8.88. The van der Waals surface area contributed by atoms with Crippen molar-refractivity contribution in [1.82, 2.24) is 25.2 Å². The van der Waals surface area contributed by atoms with Gasteiger partial charge in [-0.1, -0.05) is 41.1 Å². The monoisotopic (exact) mass is 433 g/mol. The highest BCUT2D eigenvalue weighted by Gasteiger charge is 2.18. The molecule has 2 heterocycles. The van der Waals surface area contributed by atoms with Gasteiger partial charge in [0, 0.05) is 22.3 Å². The second-order valence-electron chi connectivity index (χ2n) is 6.18. The maximum Gasteiger partial charge on any atom is 0.314 e. The van der Waals surface area contributed by atoms with Crippen molar-refractivity contribution in [3.63, 3.8) is 0 Å². The van der Waals surface area contributed by atoms with E-state index in [1.165, 1.54) is 16.8 Å². The van der Waals surface area contributed by atoms with E-state index in [4.69, 9.17) is 16.0 Å². The second kappa shape index (κ2) is 8.07. The molecule has 11 heteroatoms. The summed E-state index contributed by atoms with van der Waals surface area (Å²) in [7, 11) is 0. The SMILES string of the molecule is O=Cc1cccc(-c2cn(Cc3ccc(-c4nnc(C(F)F)o4)cc3F)nn2)c1Cl. The molecule has 2 aromatic carbocycles. The van der Waals surface area contributed by atoms with Crippen molar-refractivity contribution in [3.8, 4) is 22.7 Å². The van der Waals surface area contributed by atoms with E-state index in [1.54, 1.807) is 24.4 Å². The molecule has 0 bridgehead atoms. The van der Waals surface area contributed by atoms with Crippen LogP contribution in [-0.4, -0.2) is 31.5 Å². The zero-order chi connectivity index (χ0) is 21.3. The Hall–Kier alpha value is -3.53. The summed E-state index contributed by atoms with van der Waals surface area (Å²) in [6, 6.07) is 8.98. The zero-order valence-electron chi connectivity index (χ0n) is 15.0. The van der Waals surface area contributed by atoms with E-state index in [2.05, 4.69) is 20.5 Å². The molecule has 0 N–H and O–H groups in total. The number of hydrogen-bond donors (Lipinski definition) is 0. The third kappa shape index (κ3) is 3.81. The lowest BCUT2D eigenvalue weighted by molar-refractivity contribution is 0.112. The van der Waals surface area contributed by atoms with Gasteiger partial charge >= 0.3 is 6.43 Å². The summed E-state index contributed by atoms with van der Waals surface area (Å²) >= 11 is 6.20. The molecular weight excluding hydrogens is 423 g/mol. The molecule has 30 heavy (non-hydrogen) atoms. The number of halogens is 4. The van der Waals surface area contributed by atoms with E-state index in [-0.39, 0.29) is 28.6 Å². The number of aldehydes is 1. The van der Waals surface area contributed by atoms with Crippen molar-refractivity contribution in [2.75, 3.05) is 0 Å². The number of alkyl halides is 2. The van der Waals surface area contributed by atoms with Crippen molar-refractivity contribution in [3.05, 3.63) is 70.5 Å². The minimum atomic E-state index is -2.90.